The number of rotatable bonds is 5. The monoisotopic (exact) mass is 315 g/mol. The van der Waals surface area contributed by atoms with Crippen molar-refractivity contribution >= 4 is 17.7 Å². The van der Waals surface area contributed by atoms with Crippen LogP contribution in [0.2, 0.25) is 0 Å². The number of carbonyl (C=O) groups excluding carboxylic acids is 1. The number of thioether (sulfide) groups is 1. The third-order valence-corrected chi connectivity index (χ3v) is 4.96. The molecule has 3 rings (SSSR count). The average molecular weight is 315 g/mol. The Morgan fingerprint density at radius 2 is 1.91 bits per heavy atom. The van der Waals surface area contributed by atoms with Crippen LogP contribution in [0.3, 0.4) is 0 Å². The Balaban J connectivity index is 1.58. The molecule has 0 amide bonds. The first-order valence-corrected chi connectivity index (χ1v) is 8.21. The molecule has 0 aromatic heterocycles. The number of benzene rings is 2. The van der Waals surface area contributed by atoms with Gasteiger partial charge in [0.05, 0.1) is 5.75 Å². The molecule has 1 saturated heterocycles. The summed E-state index contributed by atoms with van der Waals surface area (Å²) in [6.45, 7) is 0.539. The van der Waals surface area contributed by atoms with Crippen LogP contribution in [0.25, 0.3) is 0 Å². The molecular weight excluding hydrogens is 298 g/mol. The normalized spacial score (nSPS) is 20.7. The maximum atomic E-state index is 10.9. The lowest BCUT2D eigenvalue weighted by atomic mass is 10.2. The molecule has 2 atom stereocenters. The number of ether oxygens (including phenoxy) is 1. The lowest BCUT2D eigenvalue weighted by Gasteiger charge is -2.12. The van der Waals surface area contributed by atoms with Crippen LogP contribution in [0.5, 0.6) is 5.75 Å². The number of carboxylic acid groups (broad SMARTS) is 1. The van der Waals surface area contributed by atoms with E-state index in [1.54, 1.807) is 11.8 Å². The van der Waals surface area contributed by atoms with Crippen LogP contribution < -0.4 is 15.2 Å². The molecule has 2 aromatic carbocycles. The molecule has 4 nitrogen and oxygen atoms in total. The molecule has 22 heavy (non-hydrogen) atoms. The van der Waals surface area contributed by atoms with Crippen molar-refractivity contribution in [2.24, 2.45) is 0 Å². The Kier molecular flexibility index (Phi) is 4.65. The Bertz CT molecular complexity index is 630. The van der Waals surface area contributed by atoms with Gasteiger partial charge in [0, 0.05) is 5.56 Å². The quantitative estimate of drug-likeness (QED) is 0.882. The number of hydrogen-bond acceptors (Lipinski definition) is 4. The molecular formula is C17H17NO3S. The van der Waals surface area contributed by atoms with Gasteiger partial charge in [0.15, 0.2) is 5.37 Å². The summed E-state index contributed by atoms with van der Waals surface area (Å²) < 4.78 is 5.75. The maximum absolute atomic E-state index is 10.9. The maximum Gasteiger partial charge on any atom is 0.159 e. The van der Waals surface area contributed by atoms with Crippen molar-refractivity contribution in [1.29, 1.82) is 0 Å². The molecule has 0 unspecified atom stereocenters. The summed E-state index contributed by atoms with van der Waals surface area (Å²) >= 11 is 1.63. The second kappa shape index (κ2) is 6.85. The molecule has 1 heterocycles. The fraction of sp³-hybridized carbons (Fsp3) is 0.235. The molecule has 114 valence electrons. The Morgan fingerprint density at radius 3 is 2.55 bits per heavy atom. The highest BCUT2D eigenvalue weighted by Crippen LogP contribution is 2.28. The van der Waals surface area contributed by atoms with Crippen LogP contribution in [0.15, 0.2) is 54.6 Å². The molecule has 1 fully saturated rings. The van der Waals surface area contributed by atoms with Gasteiger partial charge in [-0.05, 0) is 29.8 Å². The minimum Gasteiger partial charge on any atom is -0.544 e. The van der Waals surface area contributed by atoms with E-state index in [0.29, 0.717) is 12.4 Å². The average Bonchev–Trinajstić information content (AvgIpc) is 3.05. The summed E-state index contributed by atoms with van der Waals surface area (Å²) in [6.07, 6.45) is 0. The molecule has 2 aromatic rings. The predicted octanol–water partition coefficient (Wildman–Crippen LogP) is 0.693. The van der Waals surface area contributed by atoms with E-state index in [1.165, 1.54) is 0 Å². The fourth-order valence-corrected chi connectivity index (χ4v) is 3.69. The number of carboxylic acids is 1. The number of hydrogen-bond donors (Lipinski definition) is 1. The molecule has 0 radical (unpaired) electrons. The van der Waals surface area contributed by atoms with Crippen LogP contribution in [-0.2, 0) is 11.4 Å². The minimum absolute atomic E-state index is 0.117. The summed E-state index contributed by atoms with van der Waals surface area (Å²) in [4.78, 5) is 10.9. The highest BCUT2D eigenvalue weighted by atomic mass is 32.2. The van der Waals surface area contributed by atoms with Crippen LogP contribution in [0, 0.1) is 0 Å². The van der Waals surface area contributed by atoms with Gasteiger partial charge >= 0.3 is 0 Å². The zero-order valence-electron chi connectivity index (χ0n) is 12.0. The topological polar surface area (TPSA) is 66.0 Å². The zero-order chi connectivity index (χ0) is 15.4. The lowest BCUT2D eigenvalue weighted by molar-refractivity contribution is -0.690. The van der Waals surface area contributed by atoms with Gasteiger partial charge in [0.1, 0.15) is 24.4 Å². The number of quaternary nitrogens is 1. The van der Waals surface area contributed by atoms with Crippen LogP contribution >= 0.6 is 11.8 Å². The summed E-state index contributed by atoms with van der Waals surface area (Å²) in [5.74, 6) is 0.407. The van der Waals surface area contributed by atoms with Crippen LogP contribution in [-0.4, -0.2) is 17.8 Å². The van der Waals surface area contributed by atoms with E-state index in [2.05, 4.69) is 0 Å². The largest absolute Gasteiger partial charge is 0.544 e. The van der Waals surface area contributed by atoms with E-state index in [1.807, 2.05) is 59.9 Å². The lowest BCUT2D eigenvalue weighted by Crippen LogP contribution is -2.90. The highest BCUT2D eigenvalue weighted by Gasteiger charge is 2.30. The Labute approximate surface area is 133 Å². The minimum atomic E-state index is -0.988. The smallest absolute Gasteiger partial charge is 0.159 e. The highest BCUT2D eigenvalue weighted by molar-refractivity contribution is 7.99. The summed E-state index contributed by atoms with van der Waals surface area (Å²) in [7, 11) is 0. The van der Waals surface area contributed by atoms with Gasteiger partial charge in [-0.2, -0.15) is 0 Å². The van der Waals surface area contributed by atoms with Crippen molar-refractivity contribution in [2.75, 3.05) is 5.75 Å². The van der Waals surface area contributed by atoms with Gasteiger partial charge in [-0.25, -0.2) is 0 Å². The third-order valence-electron chi connectivity index (χ3n) is 3.62. The fourth-order valence-electron chi connectivity index (χ4n) is 2.38. The van der Waals surface area contributed by atoms with Crippen LogP contribution in [0.1, 0.15) is 16.5 Å². The van der Waals surface area contributed by atoms with E-state index < -0.39 is 12.0 Å². The molecule has 2 N–H and O–H groups in total. The number of aliphatic carboxylic acids is 1. The summed E-state index contributed by atoms with van der Waals surface area (Å²) in [5.41, 5.74) is 2.23. The second-order valence-corrected chi connectivity index (χ2v) is 6.39. The number of nitrogens with two attached hydrogens (primary N) is 1. The predicted molar refractivity (Wildman–Crippen MR) is 83.1 cm³/mol. The van der Waals surface area contributed by atoms with Gasteiger partial charge in [0.2, 0.25) is 0 Å². The molecule has 0 saturated carbocycles. The molecule has 1 aliphatic rings. The third kappa shape index (κ3) is 3.61. The van der Waals surface area contributed by atoms with Crippen molar-refractivity contribution in [2.45, 2.75) is 18.0 Å². The van der Waals surface area contributed by atoms with Crippen molar-refractivity contribution in [1.82, 2.24) is 0 Å². The van der Waals surface area contributed by atoms with E-state index in [-0.39, 0.29) is 5.37 Å². The Morgan fingerprint density at radius 1 is 1.18 bits per heavy atom. The van der Waals surface area contributed by atoms with E-state index in [0.717, 1.165) is 16.9 Å². The van der Waals surface area contributed by atoms with E-state index in [9.17, 15) is 9.90 Å². The molecule has 5 heteroatoms. The molecule has 0 spiro atoms. The van der Waals surface area contributed by atoms with Gasteiger partial charge < -0.3 is 20.0 Å². The van der Waals surface area contributed by atoms with E-state index in [4.69, 9.17) is 4.74 Å². The summed E-state index contributed by atoms with van der Waals surface area (Å²) in [6, 6.07) is 17.4. The van der Waals surface area contributed by atoms with Crippen molar-refractivity contribution in [3.8, 4) is 5.75 Å². The van der Waals surface area contributed by atoms with Crippen LogP contribution in [0.4, 0.5) is 0 Å². The van der Waals surface area contributed by atoms with Crippen molar-refractivity contribution < 1.29 is 20.0 Å². The van der Waals surface area contributed by atoms with Crippen molar-refractivity contribution in [3.05, 3.63) is 65.7 Å². The molecule has 0 bridgehead atoms. The second-order valence-electron chi connectivity index (χ2n) is 5.22. The zero-order valence-corrected chi connectivity index (χ0v) is 12.8. The standard InChI is InChI=1S/C17H17NO3S/c19-17(20)15-11-22-16(18-15)13-6-8-14(9-7-13)21-10-12-4-2-1-3-5-12/h1-9,15-16,18H,10-11H2,(H,19,20)/t15-,16-/m0/s1. The first-order valence-electron chi connectivity index (χ1n) is 7.16. The Hall–Kier alpha value is -1.98. The first-order chi connectivity index (χ1) is 10.7. The van der Waals surface area contributed by atoms with Gasteiger partial charge in [-0.3, -0.25) is 0 Å². The van der Waals surface area contributed by atoms with Gasteiger partial charge in [-0.15, -0.1) is 0 Å². The van der Waals surface area contributed by atoms with Crippen molar-refractivity contribution in [3.63, 3.8) is 0 Å². The summed E-state index contributed by atoms with van der Waals surface area (Å²) in [5, 5.41) is 12.8. The first kappa shape index (κ1) is 14.9. The number of carbonyl (C=O) groups is 1. The van der Waals surface area contributed by atoms with Gasteiger partial charge in [0.25, 0.3) is 0 Å². The SMILES string of the molecule is O=C([O-])[C@@H]1CS[C@@H](c2ccc(OCc3ccccc3)cc2)[NH2+]1. The van der Waals surface area contributed by atoms with E-state index >= 15 is 0 Å². The van der Waals surface area contributed by atoms with Gasteiger partial charge in [-0.1, -0.05) is 42.1 Å². The molecule has 1 aliphatic heterocycles. The molecule has 0 aliphatic carbocycles.